The molecule has 1 saturated carbocycles. The second-order valence-corrected chi connectivity index (χ2v) is 9.26. The second kappa shape index (κ2) is 8.57. The molecule has 1 spiro atoms. The van der Waals surface area contributed by atoms with E-state index < -0.39 is 0 Å². The van der Waals surface area contributed by atoms with Crippen molar-refractivity contribution in [2.75, 3.05) is 59.5 Å². The monoisotopic (exact) mass is 391 g/mol. The quantitative estimate of drug-likeness (QED) is 0.559. The lowest BCUT2D eigenvalue weighted by Crippen LogP contribution is -2.61. The molecular formula is C21H37N5O2. The van der Waals surface area contributed by atoms with Crippen LogP contribution in [0.15, 0.2) is 4.99 Å². The summed E-state index contributed by atoms with van der Waals surface area (Å²) in [6.45, 7) is 7.52. The molecule has 0 bridgehead atoms. The number of ether oxygens (including phenoxy) is 1. The van der Waals surface area contributed by atoms with Crippen LogP contribution in [0.4, 0.5) is 0 Å². The fraction of sp³-hybridized carbons (Fsp3) is 0.905. The normalized spacial score (nSPS) is 31.8. The molecule has 7 nitrogen and oxygen atoms in total. The molecule has 0 aromatic rings. The van der Waals surface area contributed by atoms with Gasteiger partial charge in [-0.05, 0) is 25.7 Å². The van der Waals surface area contributed by atoms with E-state index in [0.717, 1.165) is 71.3 Å². The number of nitrogens with zero attached hydrogens (tertiary/aromatic N) is 3. The van der Waals surface area contributed by atoms with Gasteiger partial charge in [0.2, 0.25) is 5.91 Å². The van der Waals surface area contributed by atoms with Gasteiger partial charge in [0.1, 0.15) is 0 Å². The van der Waals surface area contributed by atoms with Gasteiger partial charge in [0, 0.05) is 63.7 Å². The van der Waals surface area contributed by atoms with Crippen molar-refractivity contribution >= 4 is 11.9 Å². The van der Waals surface area contributed by atoms with Crippen LogP contribution in [0, 0.1) is 5.41 Å². The van der Waals surface area contributed by atoms with Crippen LogP contribution in [0.5, 0.6) is 0 Å². The zero-order chi connectivity index (χ0) is 19.5. The molecule has 3 heterocycles. The highest BCUT2D eigenvalue weighted by Crippen LogP contribution is 2.37. The number of nitrogens with one attached hydrogen (secondary N) is 2. The molecule has 28 heavy (non-hydrogen) atoms. The molecule has 4 fully saturated rings. The van der Waals surface area contributed by atoms with Crippen LogP contribution in [0.1, 0.15) is 51.4 Å². The first-order valence-corrected chi connectivity index (χ1v) is 11.2. The molecule has 1 unspecified atom stereocenters. The number of amides is 1. The Kier molecular flexibility index (Phi) is 6.11. The minimum absolute atomic E-state index is 0.0969. The van der Waals surface area contributed by atoms with Gasteiger partial charge >= 0.3 is 0 Å². The van der Waals surface area contributed by atoms with Crippen LogP contribution in [0.3, 0.4) is 0 Å². The zero-order valence-electron chi connectivity index (χ0n) is 17.5. The zero-order valence-corrected chi connectivity index (χ0v) is 17.5. The van der Waals surface area contributed by atoms with E-state index in [1.165, 1.54) is 32.1 Å². The highest BCUT2D eigenvalue weighted by molar-refractivity contribution is 5.81. The highest BCUT2D eigenvalue weighted by atomic mass is 16.5. The summed E-state index contributed by atoms with van der Waals surface area (Å²) in [5.41, 5.74) is 0.329. The van der Waals surface area contributed by atoms with Gasteiger partial charge in [-0.1, -0.05) is 19.3 Å². The first-order valence-electron chi connectivity index (χ1n) is 11.2. The van der Waals surface area contributed by atoms with Gasteiger partial charge in [-0.2, -0.15) is 0 Å². The fourth-order valence-electron chi connectivity index (χ4n) is 5.86. The van der Waals surface area contributed by atoms with Crippen molar-refractivity contribution in [3.63, 3.8) is 0 Å². The molecule has 2 N–H and O–H groups in total. The molecule has 1 amide bonds. The van der Waals surface area contributed by atoms with Crippen LogP contribution >= 0.6 is 0 Å². The Hall–Kier alpha value is -1.34. The third-order valence-electron chi connectivity index (χ3n) is 7.41. The third-order valence-corrected chi connectivity index (χ3v) is 7.41. The molecule has 0 aromatic carbocycles. The molecule has 3 saturated heterocycles. The van der Waals surface area contributed by atoms with Crippen molar-refractivity contribution in [3.05, 3.63) is 0 Å². The third kappa shape index (κ3) is 4.15. The molecule has 3 aliphatic heterocycles. The van der Waals surface area contributed by atoms with Crippen molar-refractivity contribution in [3.8, 4) is 0 Å². The van der Waals surface area contributed by atoms with Crippen LogP contribution in [0.25, 0.3) is 0 Å². The number of hydrogen-bond acceptors (Lipinski definition) is 4. The first kappa shape index (κ1) is 20.0. The lowest BCUT2D eigenvalue weighted by Gasteiger charge is -2.49. The van der Waals surface area contributed by atoms with Crippen LogP contribution in [-0.4, -0.2) is 86.7 Å². The van der Waals surface area contributed by atoms with E-state index in [-0.39, 0.29) is 16.9 Å². The number of guanidine groups is 1. The number of piperidine rings is 1. The summed E-state index contributed by atoms with van der Waals surface area (Å²) in [5, 5.41) is 6.80. The second-order valence-electron chi connectivity index (χ2n) is 9.26. The summed E-state index contributed by atoms with van der Waals surface area (Å²) in [4.78, 5) is 21.5. The number of carbonyl (C=O) groups is 1. The maximum absolute atomic E-state index is 11.8. The summed E-state index contributed by atoms with van der Waals surface area (Å²) in [6.07, 6.45) is 9.45. The average Bonchev–Trinajstić information content (AvgIpc) is 3.09. The van der Waals surface area contributed by atoms with Gasteiger partial charge in [0.05, 0.1) is 13.2 Å². The molecular weight excluding hydrogens is 354 g/mol. The lowest BCUT2D eigenvalue weighted by atomic mass is 9.79. The van der Waals surface area contributed by atoms with Crippen molar-refractivity contribution in [1.29, 1.82) is 0 Å². The summed E-state index contributed by atoms with van der Waals surface area (Å²) in [7, 11) is 1.89. The summed E-state index contributed by atoms with van der Waals surface area (Å²) in [5.74, 6) is 1.22. The Morgan fingerprint density at radius 3 is 2.61 bits per heavy atom. The SMILES string of the molecule is CN=C(NCC1(N2CCOCC2)CCCCC1)N1CCCC2(CNC(=O)C2)C1. The minimum atomic E-state index is 0.0969. The number of aliphatic imine (C=N–C) groups is 1. The Labute approximate surface area is 169 Å². The van der Waals surface area contributed by atoms with Crippen molar-refractivity contribution in [1.82, 2.24) is 20.4 Å². The topological polar surface area (TPSA) is 69.2 Å². The molecule has 158 valence electrons. The number of hydrogen-bond donors (Lipinski definition) is 2. The Morgan fingerprint density at radius 2 is 1.93 bits per heavy atom. The van der Waals surface area contributed by atoms with Gasteiger partial charge in [0.25, 0.3) is 0 Å². The van der Waals surface area contributed by atoms with Crippen molar-refractivity contribution in [2.45, 2.75) is 56.9 Å². The smallest absolute Gasteiger partial charge is 0.220 e. The Bertz CT molecular complexity index is 583. The minimum Gasteiger partial charge on any atom is -0.379 e. The van der Waals surface area contributed by atoms with E-state index in [0.29, 0.717) is 6.42 Å². The summed E-state index contributed by atoms with van der Waals surface area (Å²) in [6, 6.07) is 0. The number of morpholine rings is 1. The van der Waals surface area contributed by atoms with Gasteiger partial charge in [-0.25, -0.2) is 0 Å². The summed E-state index contributed by atoms with van der Waals surface area (Å²) >= 11 is 0. The largest absolute Gasteiger partial charge is 0.379 e. The molecule has 0 radical (unpaired) electrons. The average molecular weight is 392 g/mol. The predicted molar refractivity (Wildman–Crippen MR) is 110 cm³/mol. The van der Waals surface area contributed by atoms with Crippen molar-refractivity contribution < 1.29 is 9.53 Å². The van der Waals surface area contributed by atoms with E-state index in [9.17, 15) is 4.79 Å². The van der Waals surface area contributed by atoms with Crippen LogP contribution < -0.4 is 10.6 Å². The number of carbonyl (C=O) groups excluding carboxylic acids is 1. The van der Waals surface area contributed by atoms with Gasteiger partial charge in [-0.3, -0.25) is 14.7 Å². The van der Waals surface area contributed by atoms with Gasteiger partial charge in [0.15, 0.2) is 5.96 Å². The number of likely N-dealkylation sites (tertiary alicyclic amines) is 1. The lowest BCUT2D eigenvalue weighted by molar-refractivity contribution is -0.119. The van der Waals surface area contributed by atoms with Crippen LogP contribution in [-0.2, 0) is 9.53 Å². The molecule has 4 aliphatic rings. The van der Waals surface area contributed by atoms with E-state index in [2.05, 4.69) is 25.4 Å². The Morgan fingerprint density at radius 1 is 1.14 bits per heavy atom. The first-order chi connectivity index (χ1) is 13.6. The van der Waals surface area contributed by atoms with Crippen LogP contribution in [0.2, 0.25) is 0 Å². The Balaban J connectivity index is 1.41. The van der Waals surface area contributed by atoms with E-state index in [1.54, 1.807) is 0 Å². The maximum atomic E-state index is 11.8. The summed E-state index contributed by atoms with van der Waals surface area (Å²) < 4.78 is 5.61. The van der Waals surface area contributed by atoms with E-state index in [1.807, 2.05) is 7.05 Å². The fourth-order valence-corrected chi connectivity index (χ4v) is 5.86. The van der Waals surface area contributed by atoms with Gasteiger partial charge < -0.3 is 20.3 Å². The standard InChI is InChI=1S/C21H37N5O2/c1-22-19(25-9-5-6-20(17-25)14-18(27)23-15-20)24-16-21(7-3-2-4-8-21)26-10-12-28-13-11-26/h2-17H2,1H3,(H,22,24)(H,23,27). The highest BCUT2D eigenvalue weighted by Gasteiger charge is 2.43. The molecule has 4 rings (SSSR count). The predicted octanol–water partition coefficient (Wildman–Crippen LogP) is 1.20. The molecule has 1 aliphatic carbocycles. The van der Waals surface area contributed by atoms with Crippen molar-refractivity contribution in [2.24, 2.45) is 10.4 Å². The van der Waals surface area contributed by atoms with E-state index >= 15 is 0 Å². The number of rotatable bonds is 3. The van der Waals surface area contributed by atoms with Gasteiger partial charge in [-0.15, -0.1) is 0 Å². The van der Waals surface area contributed by atoms with E-state index in [4.69, 9.17) is 4.74 Å². The molecule has 0 aromatic heterocycles. The molecule has 7 heteroatoms. The molecule has 1 atom stereocenters. The maximum Gasteiger partial charge on any atom is 0.220 e.